The van der Waals surface area contributed by atoms with Crippen LogP contribution in [0.3, 0.4) is 0 Å². The quantitative estimate of drug-likeness (QED) is 0.503. The van der Waals surface area contributed by atoms with Crippen LogP contribution in [0.1, 0.15) is 11.1 Å². The number of nitriles is 1. The molecule has 0 aliphatic heterocycles. The number of nitrogens with one attached hydrogen (secondary N) is 2. The van der Waals surface area contributed by atoms with E-state index in [2.05, 4.69) is 20.8 Å². The SMILES string of the molecule is N#CCc1ccc(NC(=O)C(=O)NN=Cc2cccnc2)cc1. The number of pyridine rings is 1. The highest BCUT2D eigenvalue weighted by molar-refractivity contribution is 6.39. The molecule has 0 saturated carbocycles. The van der Waals surface area contributed by atoms with Crippen LogP contribution in [0.2, 0.25) is 0 Å². The number of anilines is 1. The van der Waals surface area contributed by atoms with Gasteiger partial charge in [-0.25, -0.2) is 5.43 Å². The highest BCUT2D eigenvalue weighted by Crippen LogP contribution is 2.09. The summed E-state index contributed by atoms with van der Waals surface area (Å²) in [5, 5.41) is 14.7. The van der Waals surface area contributed by atoms with Crippen LogP contribution >= 0.6 is 0 Å². The van der Waals surface area contributed by atoms with E-state index in [9.17, 15) is 9.59 Å². The second kappa shape index (κ2) is 8.05. The predicted octanol–water partition coefficient (Wildman–Crippen LogP) is 1.24. The van der Waals surface area contributed by atoms with Crippen molar-refractivity contribution in [2.24, 2.45) is 5.10 Å². The average Bonchev–Trinajstić information content (AvgIpc) is 2.57. The van der Waals surface area contributed by atoms with Gasteiger partial charge in [0.1, 0.15) is 0 Å². The van der Waals surface area contributed by atoms with Gasteiger partial charge >= 0.3 is 11.8 Å². The van der Waals surface area contributed by atoms with Gasteiger partial charge in [-0.1, -0.05) is 18.2 Å². The Bertz CT molecular complexity index is 748. The normalized spacial score (nSPS) is 10.0. The van der Waals surface area contributed by atoms with Gasteiger partial charge in [-0.3, -0.25) is 14.6 Å². The molecule has 1 aromatic carbocycles. The first-order valence-corrected chi connectivity index (χ1v) is 6.69. The molecule has 7 nitrogen and oxygen atoms in total. The zero-order chi connectivity index (χ0) is 16.5. The zero-order valence-electron chi connectivity index (χ0n) is 12.1. The van der Waals surface area contributed by atoms with Gasteiger partial charge in [0.2, 0.25) is 0 Å². The minimum absolute atomic E-state index is 0.289. The minimum Gasteiger partial charge on any atom is -0.318 e. The summed E-state index contributed by atoms with van der Waals surface area (Å²) in [6.45, 7) is 0. The van der Waals surface area contributed by atoms with E-state index in [1.807, 2.05) is 6.07 Å². The van der Waals surface area contributed by atoms with Crippen LogP contribution in [0, 0.1) is 11.3 Å². The summed E-state index contributed by atoms with van der Waals surface area (Å²) in [5.74, 6) is -1.72. The number of hydrogen-bond donors (Lipinski definition) is 2. The monoisotopic (exact) mass is 307 g/mol. The van der Waals surface area contributed by atoms with Crippen molar-refractivity contribution in [3.63, 3.8) is 0 Å². The molecule has 0 aliphatic carbocycles. The molecular formula is C16H13N5O2. The Morgan fingerprint density at radius 1 is 1.22 bits per heavy atom. The van der Waals surface area contributed by atoms with E-state index in [4.69, 9.17) is 5.26 Å². The Balaban J connectivity index is 1.86. The van der Waals surface area contributed by atoms with Crippen molar-refractivity contribution in [3.8, 4) is 6.07 Å². The molecule has 2 N–H and O–H groups in total. The Labute approximate surface area is 132 Å². The summed E-state index contributed by atoms with van der Waals surface area (Å²) in [6, 6.07) is 12.2. The van der Waals surface area contributed by atoms with Crippen molar-refractivity contribution in [1.29, 1.82) is 5.26 Å². The van der Waals surface area contributed by atoms with E-state index in [0.717, 1.165) is 5.56 Å². The van der Waals surface area contributed by atoms with E-state index in [1.165, 1.54) is 6.21 Å². The molecule has 7 heteroatoms. The fourth-order valence-electron chi connectivity index (χ4n) is 1.65. The summed E-state index contributed by atoms with van der Waals surface area (Å²) >= 11 is 0. The highest BCUT2D eigenvalue weighted by atomic mass is 16.2. The fourth-order valence-corrected chi connectivity index (χ4v) is 1.65. The lowest BCUT2D eigenvalue weighted by atomic mass is 10.1. The molecular weight excluding hydrogens is 294 g/mol. The number of carbonyl (C=O) groups is 2. The number of aromatic nitrogens is 1. The molecule has 0 unspecified atom stereocenters. The number of amides is 2. The third-order valence-electron chi connectivity index (χ3n) is 2.77. The smallest absolute Gasteiger partial charge is 0.318 e. The highest BCUT2D eigenvalue weighted by Gasteiger charge is 2.12. The summed E-state index contributed by atoms with van der Waals surface area (Å²) in [7, 11) is 0. The maximum atomic E-state index is 11.7. The molecule has 2 aromatic rings. The molecule has 1 aromatic heterocycles. The van der Waals surface area contributed by atoms with Gasteiger partial charge < -0.3 is 5.32 Å². The predicted molar refractivity (Wildman–Crippen MR) is 84.4 cm³/mol. The molecule has 0 spiro atoms. The number of nitrogens with zero attached hydrogens (tertiary/aromatic N) is 3. The molecule has 1 heterocycles. The van der Waals surface area contributed by atoms with Crippen molar-refractivity contribution >= 4 is 23.7 Å². The summed E-state index contributed by atoms with van der Waals surface area (Å²) < 4.78 is 0. The topological polar surface area (TPSA) is 107 Å². The largest absolute Gasteiger partial charge is 0.329 e. The molecule has 0 bridgehead atoms. The maximum Gasteiger partial charge on any atom is 0.329 e. The van der Waals surface area contributed by atoms with Crippen molar-refractivity contribution in [2.45, 2.75) is 6.42 Å². The van der Waals surface area contributed by atoms with Gasteiger partial charge in [0.25, 0.3) is 0 Å². The Kier molecular flexibility index (Phi) is 5.54. The average molecular weight is 307 g/mol. The van der Waals surface area contributed by atoms with Crippen LogP contribution in [0.5, 0.6) is 0 Å². The summed E-state index contributed by atoms with van der Waals surface area (Å²) in [4.78, 5) is 27.2. The first kappa shape index (κ1) is 15.9. The fraction of sp³-hybridized carbons (Fsp3) is 0.0625. The second-order valence-electron chi connectivity index (χ2n) is 4.47. The van der Waals surface area contributed by atoms with Gasteiger partial charge in [-0.15, -0.1) is 0 Å². The number of benzene rings is 1. The van der Waals surface area contributed by atoms with Crippen LogP contribution in [-0.4, -0.2) is 23.0 Å². The first-order valence-electron chi connectivity index (χ1n) is 6.69. The molecule has 0 atom stereocenters. The molecule has 0 saturated heterocycles. The Morgan fingerprint density at radius 3 is 2.65 bits per heavy atom. The molecule has 114 valence electrons. The van der Waals surface area contributed by atoms with Crippen molar-refractivity contribution < 1.29 is 9.59 Å². The summed E-state index contributed by atoms with van der Waals surface area (Å²) in [5.41, 5.74) is 4.12. The molecule has 23 heavy (non-hydrogen) atoms. The zero-order valence-corrected chi connectivity index (χ0v) is 12.1. The van der Waals surface area contributed by atoms with Gasteiger partial charge in [0.15, 0.2) is 0 Å². The second-order valence-corrected chi connectivity index (χ2v) is 4.47. The standard InChI is InChI=1S/C16H13N5O2/c17-8-7-12-3-5-14(6-4-12)20-15(22)16(23)21-19-11-13-2-1-9-18-10-13/h1-6,9-11H,7H2,(H,20,22)(H,21,23). The Hall–Kier alpha value is -3.53. The number of carbonyl (C=O) groups excluding carboxylic acids is 2. The van der Waals surface area contributed by atoms with Crippen LogP contribution in [0.4, 0.5) is 5.69 Å². The van der Waals surface area contributed by atoms with E-state index in [-0.39, 0.29) is 6.42 Å². The maximum absolute atomic E-state index is 11.7. The molecule has 0 aliphatic rings. The lowest BCUT2D eigenvalue weighted by Crippen LogP contribution is -2.32. The number of hydrazone groups is 1. The van der Waals surface area contributed by atoms with E-state index in [0.29, 0.717) is 11.3 Å². The molecule has 2 rings (SSSR count). The van der Waals surface area contributed by atoms with Crippen LogP contribution in [0.25, 0.3) is 0 Å². The first-order chi connectivity index (χ1) is 11.2. The Morgan fingerprint density at radius 2 is 2.00 bits per heavy atom. The van der Waals surface area contributed by atoms with Crippen LogP contribution in [-0.2, 0) is 16.0 Å². The molecule has 2 amide bonds. The van der Waals surface area contributed by atoms with E-state index >= 15 is 0 Å². The molecule has 0 radical (unpaired) electrons. The lowest BCUT2D eigenvalue weighted by molar-refractivity contribution is -0.136. The van der Waals surface area contributed by atoms with Gasteiger partial charge in [0.05, 0.1) is 18.7 Å². The molecule has 0 fully saturated rings. The summed E-state index contributed by atoms with van der Waals surface area (Å²) in [6.07, 6.45) is 4.86. The van der Waals surface area contributed by atoms with Gasteiger partial charge in [-0.2, -0.15) is 10.4 Å². The van der Waals surface area contributed by atoms with Gasteiger partial charge in [-0.05, 0) is 23.8 Å². The van der Waals surface area contributed by atoms with E-state index < -0.39 is 11.8 Å². The van der Waals surface area contributed by atoms with Crippen molar-refractivity contribution in [1.82, 2.24) is 10.4 Å². The third-order valence-corrected chi connectivity index (χ3v) is 2.77. The van der Waals surface area contributed by atoms with Crippen LogP contribution < -0.4 is 10.7 Å². The van der Waals surface area contributed by atoms with E-state index in [1.54, 1.807) is 48.8 Å². The minimum atomic E-state index is -0.883. The lowest BCUT2D eigenvalue weighted by Gasteiger charge is -2.04. The number of hydrogen-bond acceptors (Lipinski definition) is 5. The number of rotatable bonds is 4. The van der Waals surface area contributed by atoms with Crippen molar-refractivity contribution in [2.75, 3.05) is 5.32 Å². The van der Waals surface area contributed by atoms with Crippen molar-refractivity contribution in [3.05, 3.63) is 59.9 Å². The third kappa shape index (κ3) is 5.06. The van der Waals surface area contributed by atoms with Crippen LogP contribution in [0.15, 0.2) is 53.9 Å². The van der Waals surface area contributed by atoms with Gasteiger partial charge in [0, 0.05) is 23.6 Å².